The van der Waals surface area contributed by atoms with E-state index in [1.54, 1.807) is 0 Å². The molecule has 104 valence electrons. The first kappa shape index (κ1) is 13.5. The van der Waals surface area contributed by atoms with Gasteiger partial charge < -0.3 is 0 Å². The van der Waals surface area contributed by atoms with Gasteiger partial charge in [-0.25, -0.2) is 9.97 Å². The second-order valence-corrected chi connectivity index (χ2v) is 5.76. The largest absolute Gasteiger partial charge is 0.288 e. The molecule has 3 rings (SSSR count). The minimum atomic E-state index is 0.339. The summed E-state index contributed by atoms with van der Waals surface area (Å²) in [6, 6.07) is 11.4. The summed E-state index contributed by atoms with van der Waals surface area (Å²) >= 11 is 5.92. The Labute approximate surface area is 124 Å². The van der Waals surface area contributed by atoms with Crippen LogP contribution in [-0.4, -0.2) is 20.9 Å². The van der Waals surface area contributed by atoms with Crippen molar-refractivity contribution < 1.29 is 0 Å². The Kier molecular flexibility index (Phi) is 3.72. The quantitative estimate of drug-likeness (QED) is 0.790. The molecule has 0 spiro atoms. The highest BCUT2D eigenvalue weighted by Gasteiger charge is 2.28. The van der Waals surface area contributed by atoms with Gasteiger partial charge in [-0.3, -0.25) is 4.90 Å². The zero-order valence-electron chi connectivity index (χ0n) is 11.8. The number of rotatable bonds is 2. The van der Waals surface area contributed by atoms with Gasteiger partial charge in [0.15, 0.2) is 0 Å². The second kappa shape index (κ2) is 5.51. The van der Waals surface area contributed by atoms with Crippen LogP contribution in [0, 0.1) is 0 Å². The Morgan fingerprint density at radius 2 is 2.05 bits per heavy atom. The van der Waals surface area contributed by atoms with Crippen LogP contribution in [-0.2, 0) is 13.0 Å². The van der Waals surface area contributed by atoms with Crippen molar-refractivity contribution in [2.45, 2.75) is 38.9 Å². The normalized spacial score (nSPS) is 20.4. The van der Waals surface area contributed by atoms with Crippen molar-refractivity contribution in [3.63, 3.8) is 0 Å². The SMILES string of the molecule is C[C@@H]1Cc2cnc(Cl)nc2CN1[C@H](C)c1ccccc1. The van der Waals surface area contributed by atoms with Gasteiger partial charge in [0.1, 0.15) is 0 Å². The van der Waals surface area contributed by atoms with Crippen LogP contribution in [0.25, 0.3) is 0 Å². The number of benzene rings is 1. The van der Waals surface area contributed by atoms with E-state index in [4.69, 9.17) is 11.6 Å². The minimum Gasteiger partial charge on any atom is -0.288 e. The zero-order chi connectivity index (χ0) is 14.1. The van der Waals surface area contributed by atoms with Gasteiger partial charge in [0.2, 0.25) is 5.28 Å². The predicted octanol–water partition coefficient (Wildman–Crippen LogP) is 3.64. The van der Waals surface area contributed by atoms with Gasteiger partial charge in [-0.2, -0.15) is 0 Å². The van der Waals surface area contributed by atoms with E-state index in [9.17, 15) is 0 Å². The second-order valence-electron chi connectivity index (χ2n) is 5.42. The lowest BCUT2D eigenvalue weighted by Crippen LogP contribution is -2.40. The van der Waals surface area contributed by atoms with Crippen molar-refractivity contribution in [3.8, 4) is 0 Å². The summed E-state index contributed by atoms with van der Waals surface area (Å²) in [7, 11) is 0. The van der Waals surface area contributed by atoms with Crippen LogP contribution >= 0.6 is 11.6 Å². The van der Waals surface area contributed by atoms with E-state index in [0.29, 0.717) is 17.4 Å². The third kappa shape index (κ3) is 2.56. The summed E-state index contributed by atoms with van der Waals surface area (Å²) in [6.45, 7) is 5.34. The highest BCUT2D eigenvalue weighted by molar-refractivity contribution is 6.28. The first-order valence-corrected chi connectivity index (χ1v) is 7.34. The van der Waals surface area contributed by atoms with E-state index >= 15 is 0 Å². The summed E-state index contributed by atoms with van der Waals surface area (Å²) in [5.74, 6) is 0. The molecule has 2 heterocycles. The Morgan fingerprint density at radius 1 is 1.30 bits per heavy atom. The molecule has 0 amide bonds. The molecule has 1 aliphatic heterocycles. The van der Waals surface area contributed by atoms with E-state index in [0.717, 1.165) is 18.7 Å². The lowest BCUT2D eigenvalue weighted by atomic mass is 9.96. The lowest BCUT2D eigenvalue weighted by Gasteiger charge is -2.38. The van der Waals surface area contributed by atoms with Crippen LogP contribution < -0.4 is 0 Å². The smallest absolute Gasteiger partial charge is 0.222 e. The summed E-state index contributed by atoms with van der Waals surface area (Å²) < 4.78 is 0. The number of hydrogen-bond acceptors (Lipinski definition) is 3. The molecule has 1 aromatic heterocycles. The maximum Gasteiger partial charge on any atom is 0.222 e. The van der Waals surface area contributed by atoms with Crippen molar-refractivity contribution in [2.24, 2.45) is 0 Å². The zero-order valence-corrected chi connectivity index (χ0v) is 12.5. The standard InChI is InChI=1S/C16H18ClN3/c1-11-8-14-9-18-16(17)19-15(14)10-20(11)12(2)13-6-4-3-5-7-13/h3-7,9,11-12H,8,10H2,1-2H3/t11-,12-/m1/s1. The molecule has 0 saturated carbocycles. The van der Waals surface area contributed by atoms with Gasteiger partial charge in [-0.15, -0.1) is 0 Å². The highest BCUT2D eigenvalue weighted by atomic mass is 35.5. The van der Waals surface area contributed by atoms with E-state index in [1.807, 2.05) is 6.20 Å². The number of halogens is 1. The molecule has 4 heteroatoms. The fraction of sp³-hybridized carbons (Fsp3) is 0.375. The number of nitrogens with zero attached hydrogens (tertiary/aromatic N) is 3. The summed E-state index contributed by atoms with van der Waals surface area (Å²) in [5, 5.41) is 0.339. The average molecular weight is 288 g/mol. The van der Waals surface area contributed by atoms with Gasteiger partial charge in [0.25, 0.3) is 0 Å². The summed E-state index contributed by atoms with van der Waals surface area (Å²) in [5.41, 5.74) is 3.62. The van der Waals surface area contributed by atoms with Crippen molar-refractivity contribution in [2.75, 3.05) is 0 Å². The van der Waals surface area contributed by atoms with Crippen LogP contribution in [0.2, 0.25) is 5.28 Å². The van der Waals surface area contributed by atoms with Crippen LogP contribution in [0.5, 0.6) is 0 Å². The Morgan fingerprint density at radius 3 is 2.80 bits per heavy atom. The van der Waals surface area contributed by atoms with E-state index in [1.165, 1.54) is 11.1 Å². The first-order chi connectivity index (χ1) is 9.65. The number of aromatic nitrogens is 2. The molecule has 2 aromatic rings. The Hall–Kier alpha value is -1.45. The monoisotopic (exact) mass is 287 g/mol. The van der Waals surface area contributed by atoms with Crippen molar-refractivity contribution in [1.29, 1.82) is 0 Å². The number of hydrogen-bond donors (Lipinski definition) is 0. The number of fused-ring (bicyclic) bond motifs is 1. The average Bonchev–Trinajstić information content (AvgIpc) is 2.47. The molecule has 1 aromatic carbocycles. The topological polar surface area (TPSA) is 29.0 Å². The van der Waals surface area contributed by atoms with Crippen molar-refractivity contribution in [1.82, 2.24) is 14.9 Å². The molecule has 0 unspecified atom stereocenters. The maximum atomic E-state index is 5.92. The van der Waals surface area contributed by atoms with Crippen LogP contribution in [0.15, 0.2) is 36.5 Å². The molecule has 0 N–H and O–H groups in total. The molecule has 0 fully saturated rings. The molecule has 0 bridgehead atoms. The van der Waals surface area contributed by atoms with Crippen molar-refractivity contribution >= 4 is 11.6 Å². The van der Waals surface area contributed by atoms with E-state index in [2.05, 4.69) is 59.0 Å². The van der Waals surface area contributed by atoms with E-state index in [-0.39, 0.29) is 0 Å². The molecule has 0 radical (unpaired) electrons. The minimum absolute atomic E-state index is 0.339. The van der Waals surface area contributed by atoms with Gasteiger partial charge in [0, 0.05) is 24.8 Å². The molecular formula is C16H18ClN3. The van der Waals surface area contributed by atoms with Gasteiger partial charge in [0.05, 0.1) is 5.69 Å². The highest BCUT2D eigenvalue weighted by Crippen LogP contribution is 2.30. The third-order valence-electron chi connectivity index (χ3n) is 4.12. The molecule has 2 atom stereocenters. The van der Waals surface area contributed by atoms with Gasteiger partial charge >= 0.3 is 0 Å². The van der Waals surface area contributed by atoms with Crippen LogP contribution in [0.1, 0.15) is 36.7 Å². The fourth-order valence-electron chi connectivity index (χ4n) is 2.93. The Balaban J connectivity index is 1.88. The van der Waals surface area contributed by atoms with Gasteiger partial charge in [-0.1, -0.05) is 30.3 Å². The Bertz CT molecular complexity index is 600. The van der Waals surface area contributed by atoms with Crippen LogP contribution in [0.3, 0.4) is 0 Å². The molecule has 0 aliphatic carbocycles. The van der Waals surface area contributed by atoms with Gasteiger partial charge in [-0.05, 0) is 43.0 Å². The summed E-state index contributed by atoms with van der Waals surface area (Å²) in [4.78, 5) is 11.0. The van der Waals surface area contributed by atoms with Crippen LogP contribution in [0.4, 0.5) is 0 Å². The molecule has 3 nitrogen and oxygen atoms in total. The molecule has 1 aliphatic rings. The molecule has 0 saturated heterocycles. The maximum absolute atomic E-state index is 5.92. The molecular weight excluding hydrogens is 270 g/mol. The fourth-order valence-corrected chi connectivity index (χ4v) is 3.08. The summed E-state index contributed by atoms with van der Waals surface area (Å²) in [6.07, 6.45) is 2.84. The van der Waals surface area contributed by atoms with Crippen molar-refractivity contribution in [3.05, 3.63) is 58.6 Å². The lowest BCUT2D eigenvalue weighted by molar-refractivity contribution is 0.129. The van der Waals surface area contributed by atoms with E-state index < -0.39 is 0 Å². The first-order valence-electron chi connectivity index (χ1n) is 6.96. The third-order valence-corrected chi connectivity index (χ3v) is 4.30. The molecule has 20 heavy (non-hydrogen) atoms. The predicted molar refractivity (Wildman–Crippen MR) is 80.6 cm³/mol.